The lowest BCUT2D eigenvalue weighted by molar-refractivity contribution is -0.139. The fraction of sp³-hybridized carbons (Fsp3) is 0.680. The van der Waals surface area contributed by atoms with E-state index in [0.29, 0.717) is 17.5 Å². The molecule has 3 fully saturated rings. The van der Waals surface area contributed by atoms with Crippen molar-refractivity contribution in [1.82, 2.24) is 19.6 Å². The Morgan fingerprint density at radius 2 is 1.59 bits per heavy atom. The molecule has 3 aliphatic rings. The number of hydrogen-bond donors (Lipinski definition) is 0. The molecular formula is C25H38N4O3. The fourth-order valence-electron chi connectivity index (χ4n) is 5.43. The minimum absolute atomic E-state index is 0.0924. The van der Waals surface area contributed by atoms with Crippen LogP contribution in [0.15, 0.2) is 24.3 Å². The van der Waals surface area contributed by atoms with Crippen LogP contribution in [0.3, 0.4) is 0 Å². The highest BCUT2D eigenvalue weighted by atomic mass is 16.5. The first-order valence-corrected chi connectivity index (χ1v) is 12.3. The summed E-state index contributed by atoms with van der Waals surface area (Å²) < 4.78 is 5.26. The Morgan fingerprint density at radius 3 is 2.22 bits per heavy atom. The van der Waals surface area contributed by atoms with Gasteiger partial charge in [-0.1, -0.05) is 13.0 Å². The van der Waals surface area contributed by atoms with Gasteiger partial charge in [0.2, 0.25) is 5.91 Å². The summed E-state index contributed by atoms with van der Waals surface area (Å²) in [7, 11) is 1.62. The first-order valence-electron chi connectivity index (χ1n) is 12.3. The zero-order valence-corrected chi connectivity index (χ0v) is 19.7. The Labute approximate surface area is 192 Å². The number of benzene rings is 1. The van der Waals surface area contributed by atoms with Crippen LogP contribution in [0.25, 0.3) is 0 Å². The van der Waals surface area contributed by atoms with Crippen LogP contribution >= 0.6 is 0 Å². The molecule has 4 rings (SSSR count). The van der Waals surface area contributed by atoms with Crippen LogP contribution in [0.1, 0.15) is 43.0 Å². The third kappa shape index (κ3) is 5.26. The van der Waals surface area contributed by atoms with Crippen LogP contribution in [-0.4, -0.2) is 103 Å². The van der Waals surface area contributed by atoms with E-state index in [-0.39, 0.29) is 11.8 Å². The molecular weight excluding hydrogens is 404 g/mol. The van der Waals surface area contributed by atoms with Crippen molar-refractivity contribution < 1.29 is 14.3 Å². The van der Waals surface area contributed by atoms with E-state index in [1.807, 2.05) is 29.2 Å². The lowest BCUT2D eigenvalue weighted by Crippen LogP contribution is -2.53. The second kappa shape index (κ2) is 10.7. The number of nitrogens with zero attached hydrogens (tertiary/aromatic N) is 4. The van der Waals surface area contributed by atoms with Crippen molar-refractivity contribution in [3.8, 4) is 5.75 Å². The number of piperidine rings is 2. The Hall–Kier alpha value is -2.12. The highest BCUT2D eigenvalue weighted by Gasteiger charge is 2.34. The molecule has 1 aromatic carbocycles. The molecule has 0 saturated carbocycles. The summed E-state index contributed by atoms with van der Waals surface area (Å²) in [5.41, 5.74) is 0.696. The largest absolute Gasteiger partial charge is 0.497 e. The molecule has 0 spiro atoms. The van der Waals surface area contributed by atoms with Crippen LogP contribution in [0.4, 0.5) is 0 Å². The molecule has 3 aliphatic heterocycles. The number of likely N-dealkylation sites (N-methyl/N-ethyl adjacent to an activating group) is 1. The summed E-state index contributed by atoms with van der Waals surface area (Å²) in [6.45, 7) is 10.6. The molecule has 0 unspecified atom stereocenters. The van der Waals surface area contributed by atoms with Gasteiger partial charge in [-0.3, -0.25) is 9.59 Å². The van der Waals surface area contributed by atoms with Gasteiger partial charge in [0.1, 0.15) is 5.75 Å². The maximum Gasteiger partial charge on any atom is 0.253 e. The second-order valence-corrected chi connectivity index (χ2v) is 9.33. The number of carbonyl (C=O) groups is 2. The Balaban J connectivity index is 1.22. The van der Waals surface area contributed by atoms with Crippen LogP contribution in [0, 0.1) is 5.92 Å². The van der Waals surface area contributed by atoms with Crippen LogP contribution in [0.2, 0.25) is 0 Å². The Bertz CT molecular complexity index is 777. The lowest BCUT2D eigenvalue weighted by atomic mass is 9.92. The number of hydrogen-bond acceptors (Lipinski definition) is 5. The van der Waals surface area contributed by atoms with E-state index in [4.69, 9.17) is 4.74 Å². The number of carbonyl (C=O) groups excluding carboxylic acids is 2. The predicted molar refractivity (Wildman–Crippen MR) is 125 cm³/mol. The van der Waals surface area contributed by atoms with Crippen LogP contribution < -0.4 is 4.74 Å². The van der Waals surface area contributed by atoms with Crippen molar-refractivity contribution in [3.63, 3.8) is 0 Å². The SMILES string of the molecule is CCN1CCN(C(=O)C2CCN(C3CCN(C(=O)c4cccc(OC)c4)CC3)CC2)CC1. The second-order valence-electron chi connectivity index (χ2n) is 9.33. The summed E-state index contributed by atoms with van der Waals surface area (Å²) in [6, 6.07) is 7.93. The van der Waals surface area contributed by atoms with Crippen molar-refractivity contribution in [2.75, 3.05) is 66.0 Å². The predicted octanol–water partition coefficient (Wildman–Crippen LogP) is 2.18. The zero-order valence-electron chi connectivity index (χ0n) is 19.7. The van der Waals surface area contributed by atoms with Gasteiger partial charge in [0.25, 0.3) is 5.91 Å². The van der Waals surface area contributed by atoms with Gasteiger partial charge in [0, 0.05) is 56.8 Å². The number of amides is 2. The average molecular weight is 443 g/mol. The van der Waals surface area contributed by atoms with E-state index in [1.165, 1.54) is 0 Å². The fourth-order valence-corrected chi connectivity index (χ4v) is 5.43. The van der Waals surface area contributed by atoms with Gasteiger partial charge in [0.15, 0.2) is 0 Å². The van der Waals surface area contributed by atoms with Crippen molar-refractivity contribution in [3.05, 3.63) is 29.8 Å². The maximum atomic E-state index is 13.0. The standard InChI is InChI=1S/C25H38N4O3/c1-3-26-15-17-29(18-16-26)24(30)20-7-11-27(12-8-20)22-9-13-28(14-10-22)25(31)21-5-4-6-23(19-21)32-2/h4-6,19-20,22H,3,7-18H2,1-2H3. The molecule has 3 heterocycles. The summed E-state index contributed by atoms with van der Waals surface area (Å²) in [5.74, 6) is 1.37. The highest BCUT2D eigenvalue weighted by molar-refractivity contribution is 5.94. The van der Waals surface area contributed by atoms with Gasteiger partial charge in [-0.25, -0.2) is 0 Å². The first-order chi connectivity index (χ1) is 15.6. The van der Waals surface area contributed by atoms with Crippen molar-refractivity contribution >= 4 is 11.8 Å². The Morgan fingerprint density at radius 1 is 0.906 bits per heavy atom. The summed E-state index contributed by atoms with van der Waals surface area (Å²) in [4.78, 5) is 34.9. The average Bonchev–Trinajstić information content (AvgIpc) is 2.88. The van der Waals surface area contributed by atoms with E-state index >= 15 is 0 Å². The molecule has 176 valence electrons. The van der Waals surface area contributed by atoms with E-state index < -0.39 is 0 Å². The normalized spacial score (nSPS) is 22.2. The molecule has 32 heavy (non-hydrogen) atoms. The number of methoxy groups -OCH3 is 1. The van der Waals surface area contributed by atoms with Gasteiger partial charge < -0.3 is 24.3 Å². The molecule has 3 saturated heterocycles. The van der Waals surface area contributed by atoms with E-state index in [1.54, 1.807) is 7.11 Å². The molecule has 1 aromatic rings. The minimum atomic E-state index is 0.0924. The van der Waals surface area contributed by atoms with Gasteiger partial charge in [-0.2, -0.15) is 0 Å². The molecule has 0 radical (unpaired) electrons. The topological polar surface area (TPSA) is 56.3 Å². The number of rotatable bonds is 5. The monoisotopic (exact) mass is 442 g/mol. The molecule has 0 atom stereocenters. The van der Waals surface area contributed by atoms with Crippen LogP contribution in [-0.2, 0) is 4.79 Å². The van der Waals surface area contributed by atoms with Crippen molar-refractivity contribution in [1.29, 1.82) is 0 Å². The molecule has 7 nitrogen and oxygen atoms in total. The highest BCUT2D eigenvalue weighted by Crippen LogP contribution is 2.26. The lowest BCUT2D eigenvalue weighted by Gasteiger charge is -2.42. The van der Waals surface area contributed by atoms with Crippen LogP contribution in [0.5, 0.6) is 5.75 Å². The maximum absolute atomic E-state index is 13.0. The van der Waals surface area contributed by atoms with E-state index in [0.717, 1.165) is 90.3 Å². The smallest absolute Gasteiger partial charge is 0.253 e. The van der Waals surface area contributed by atoms with Gasteiger partial charge >= 0.3 is 0 Å². The Kier molecular flexibility index (Phi) is 7.68. The molecule has 7 heteroatoms. The van der Waals surface area contributed by atoms with E-state index in [2.05, 4.69) is 21.6 Å². The van der Waals surface area contributed by atoms with Crippen molar-refractivity contribution in [2.24, 2.45) is 5.92 Å². The summed E-state index contributed by atoms with van der Waals surface area (Å²) in [6.07, 6.45) is 3.95. The molecule has 0 aromatic heterocycles. The first kappa shape index (κ1) is 23.1. The van der Waals surface area contributed by atoms with E-state index in [9.17, 15) is 9.59 Å². The van der Waals surface area contributed by atoms with Crippen molar-refractivity contribution in [2.45, 2.75) is 38.6 Å². The van der Waals surface area contributed by atoms with Gasteiger partial charge in [-0.05, 0) is 63.5 Å². The molecule has 0 N–H and O–H groups in total. The molecule has 2 amide bonds. The quantitative estimate of drug-likeness (QED) is 0.700. The summed E-state index contributed by atoms with van der Waals surface area (Å²) >= 11 is 0. The third-order valence-electron chi connectivity index (χ3n) is 7.59. The number of likely N-dealkylation sites (tertiary alicyclic amines) is 2. The number of piperazine rings is 1. The zero-order chi connectivity index (χ0) is 22.5. The van der Waals surface area contributed by atoms with Gasteiger partial charge in [-0.15, -0.1) is 0 Å². The summed E-state index contributed by atoms with van der Waals surface area (Å²) in [5, 5.41) is 0. The minimum Gasteiger partial charge on any atom is -0.497 e. The third-order valence-corrected chi connectivity index (χ3v) is 7.59. The van der Waals surface area contributed by atoms with Gasteiger partial charge in [0.05, 0.1) is 7.11 Å². The molecule has 0 aliphatic carbocycles. The number of ether oxygens (including phenoxy) is 1. The molecule has 0 bridgehead atoms.